The Bertz CT molecular complexity index is 6040. The normalized spacial score (nSPS) is 25.6. The molecule has 698 valence electrons. The minimum absolute atomic E-state index is 0.0218. The van der Waals surface area contributed by atoms with Crippen LogP contribution < -0.4 is 60.2 Å². The molecule has 20 rings (SSSR count). The monoisotopic (exact) mass is 1830 g/mol. The average Bonchev–Trinajstić information content (AvgIpc) is 1.43. The number of halogens is 9. The van der Waals surface area contributed by atoms with Crippen LogP contribution in [0.25, 0.3) is 44.1 Å². The Morgan fingerprint density at radius 3 is 1.37 bits per heavy atom. The first-order valence-electron chi connectivity index (χ1n) is 43.5. The van der Waals surface area contributed by atoms with Crippen LogP contribution in [-0.4, -0.2) is 208 Å². The van der Waals surface area contributed by atoms with Crippen LogP contribution in [0.1, 0.15) is 150 Å². The molecule has 8 aliphatic rings. The largest absolute Gasteiger partial charge is 0.488 e. The summed E-state index contributed by atoms with van der Waals surface area (Å²) in [6, 6.07) is 12.5. The lowest BCUT2D eigenvalue weighted by molar-refractivity contribution is -0.0527. The predicted octanol–water partition coefficient (Wildman–Crippen LogP) is 10.1. The van der Waals surface area contributed by atoms with Gasteiger partial charge in [-0.2, -0.15) is 13.8 Å². The fourth-order valence-corrected chi connectivity index (χ4v) is 19.5. The third-order valence-electron chi connectivity index (χ3n) is 26.3. The molecule has 0 spiro atoms. The third kappa shape index (κ3) is 17.4. The van der Waals surface area contributed by atoms with Gasteiger partial charge in [-0.15, -0.1) is 0 Å². The summed E-state index contributed by atoms with van der Waals surface area (Å²) < 4.78 is 173. The SMILES string of the molecule is COc1nc(O[C@H]2C[C@@H](n3ccc4c(C)ncnc43)[C@H](O)[C@@H]2O)c2c(c1F)CCNC2.C[C@@H]1CNCc2c(O[C@H]3C[C@@H](n4cc(F)c5c(N)ccnc54)[C@H](O)[C@@H]3O)cc(C(F)F)c(F)c21.Cc1ccnc2c1ccn2[C@@H]1C[C@H](Oc2cc(OC(C)C)c(F)c3c2CNCC3)[C@@H](O)[C@H]1O.Cc1ccnc2c1ccn2[C@@H]1C[C@H](Oc2cc(OC(F)F)c(F)c3c2CNCC3)[C@@H](O)[C@H]1O. The van der Waals surface area contributed by atoms with Crippen molar-refractivity contribution in [1.29, 1.82) is 0 Å². The lowest BCUT2D eigenvalue weighted by Crippen LogP contribution is -2.35. The summed E-state index contributed by atoms with van der Waals surface area (Å²) in [5, 5.41) is 102. The second kappa shape index (κ2) is 37.8. The van der Waals surface area contributed by atoms with Crippen molar-refractivity contribution in [3.8, 4) is 40.5 Å². The summed E-state index contributed by atoms with van der Waals surface area (Å²) in [6.45, 7) is 11.7. The number of aryl methyl sites for hydroxylation is 3. The van der Waals surface area contributed by atoms with Crippen molar-refractivity contribution in [1.82, 2.24) is 69.4 Å². The van der Waals surface area contributed by atoms with Crippen LogP contribution in [-0.2, 0) is 45.4 Å². The summed E-state index contributed by atoms with van der Waals surface area (Å²) in [7, 11) is 1.36. The number of nitrogens with zero attached hydrogens (tertiary/aromatic N) is 10. The Hall–Kier alpha value is -11.2. The standard InChI is InChI=1S/C25H30FN3O4.C23H24F4N4O3.C23H24F3N3O4.C21H24FN5O4/c1-13(2)32-20-11-19(17-12-27-7-5-16(17)22(20)26)33-21-10-18(23(30)24(21)31)29-9-6-15-14(3)4-8-28-25(15)29;1-9-6-29-7-11-15(4-10(22(26)27)19(25)17(9)11)34-16-5-14(20(32)21(16)33)31-8-12(24)18-13(28)2-3-30-23(18)31;1-11-2-6-28-22-12(11)4-7-29(22)15-8-18(21(31)20(15)30)32-16-9-17(33-23(25)26)19(24)13-3-5-27-10-14(13)16;1-10-11-4-6-27(19(11)25-9-24-10)14-7-15(18(29)17(14)28)31-20-13-8-23-5-3-12(13)16(22)21(26-20)30-2/h4,6,8-9,11,13,18,21,23-24,27,30-31H,5,7,10,12H2,1-3H3;2-4,8-9,14,16,20-22,29,32-33H,5-7H2,1H3,(H2,28,30);2,4,6-7,9,15,18,20-21,23,27,30-31H,3,5,8,10H2,1H3;4,6,9,14-15,17-18,23,28-29H,3,5,7-8H2,1-2H3/t18-,21+,23+,24-;9-,14-,16+,20+,21-;15-,18+,20+,21-;14-,15+,17+,18-/m1111/s1. The maximum atomic E-state index is 15.1. The van der Waals surface area contributed by atoms with Gasteiger partial charge in [0.1, 0.15) is 125 Å². The molecule has 0 unspecified atom stereocenters. The second-order valence-electron chi connectivity index (χ2n) is 34.7. The van der Waals surface area contributed by atoms with Crippen molar-refractivity contribution < 1.29 is 114 Å². The van der Waals surface area contributed by atoms with E-state index in [2.05, 4.69) is 55.9 Å². The number of methoxy groups -OCH3 is 1. The van der Waals surface area contributed by atoms with Gasteiger partial charge in [0.2, 0.25) is 5.88 Å². The molecule has 39 heteroatoms. The number of nitrogens with one attached hydrogen (secondary N) is 4. The molecule has 13 heterocycles. The van der Waals surface area contributed by atoms with Gasteiger partial charge in [0, 0.05) is 180 Å². The number of pyridine rings is 4. The third-order valence-corrected chi connectivity index (χ3v) is 26.3. The summed E-state index contributed by atoms with van der Waals surface area (Å²) in [5.41, 5.74) is 14.3. The Kier molecular flexibility index (Phi) is 26.5. The number of anilines is 1. The number of aliphatic hydroxyl groups excluding tert-OH is 8. The molecular weight excluding hydrogens is 1730 g/mol. The van der Waals surface area contributed by atoms with E-state index in [0.29, 0.717) is 110 Å². The quantitative estimate of drug-likeness (QED) is 0.0355. The number of alkyl halides is 4. The first kappa shape index (κ1) is 91.7. The molecule has 30 nitrogen and oxygen atoms in total. The Labute approximate surface area is 744 Å². The number of ether oxygens (including phenoxy) is 7. The molecule has 4 aliphatic heterocycles. The number of aromatic nitrogens is 10. The van der Waals surface area contributed by atoms with E-state index in [1.165, 1.54) is 30.3 Å². The zero-order valence-corrected chi connectivity index (χ0v) is 72.4. The van der Waals surface area contributed by atoms with Crippen LogP contribution in [0.2, 0.25) is 0 Å². The van der Waals surface area contributed by atoms with Gasteiger partial charge >= 0.3 is 6.61 Å². The maximum Gasteiger partial charge on any atom is 0.387 e. The number of rotatable bonds is 18. The van der Waals surface area contributed by atoms with E-state index in [0.717, 1.165) is 62.5 Å². The van der Waals surface area contributed by atoms with Crippen LogP contribution in [0.15, 0.2) is 104 Å². The number of hydrogen-bond donors (Lipinski definition) is 13. The average molecular weight is 1830 g/mol. The molecule has 4 saturated carbocycles. The topological polar surface area (TPSA) is 398 Å². The highest BCUT2D eigenvalue weighted by Gasteiger charge is 2.50. The Balaban J connectivity index is 0.000000122. The van der Waals surface area contributed by atoms with Gasteiger partial charge in [-0.25, -0.2) is 55.7 Å². The van der Waals surface area contributed by atoms with Crippen molar-refractivity contribution in [2.24, 2.45) is 0 Å². The van der Waals surface area contributed by atoms with Crippen LogP contribution in [0.5, 0.6) is 40.5 Å². The van der Waals surface area contributed by atoms with Crippen molar-refractivity contribution in [2.75, 3.05) is 39.0 Å². The number of hydrogen-bond acceptors (Lipinski definition) is 26. The van der Waals surface area contributed by atoms with E-state index in [1.54, 1.807) is 25.4 Å². The molecule has 14 N–H and O–H groups in total. The molecular formula is C92H102F9N15O15. The smallest absolute Gasteiger partial charge is 0.387 e. The van der Waals surface area contributed by atoms with Crippen molar-refractivity contribution in [3.05, 3.63) is 200 Å². The van der Waals surface area contributed by atoms with E-state index in [4.69, 9.17) is 34.2 Å². The minimum Gasteiger partial charge on any atom is -0.488 e. The molecule has 17 atom stereocenters. The van der Waals surface area contributed by atoms with Gasteiger partial charge in [-0.05, 0) is 133 Å². The fraction of sp³-hybridized carbons (Fsp3) is 0.457. The second-order valence-corrected chi connectivity index (χ2v) is 34.7. The molecule has 4 fully saturated rings. The lowest BCUT2D eigenvalue weighted by atomic mass is 9.89. The molecule has 9 aromatic heterocycles. The van der Waals surface area contributed by atoms with E-state index >= 15 is 4.39 Å². The van der Waals surface area contributed by atoms with Gasteiger partial charge < -0.3 is 119 Å². The highest BCUT2D eigenvalue weighted by Crippen LogP contribution is 2.48. The molecule has 12 aromatic rings. The Morgan fingerprint density at radius 2 is 0.885 bits per heavy atom. The molecule has 131 heavy (non-hydrogen) atoms. The molecule has 0 bridgehead atoms. The fourth-order valence-electron chi connectivity index (χ4n) is 19.5. The summed E-state index contributed by atoms with van der Waals surface area (Å²) in [4.78, 5) is 25.8. The molecule has 4 aliphatic carbocycles. The van der Waals surface area contributed by atoms with Gasteiger partial charge in [0.25, 0.3) is 12.3 Å². The van der Waals surface area contributed by atoms with Crippen LogP contribution in [0.3, 0.4) is 0 Å². The van der Waals surface area contributed by atoms with E-state index < -0.39 is 145 Å². The molecule has 0 radical (unpaired) electrons. The number of aliphatic hydroxyl groups is 8. The summed E-state index contributed by atoms with van der Waals surface area (Å²) >= 11 is 0. The first-order chi connectivity index (χ1) is 62.9. The molecule has 0 saturated heterocycles. The summed E-state index contributed by atoms with van der Waals surface area (Å²) in [6.07, 6.45) is -0.633. The predicted molar refractivity (Wildman–Crippen MR) is 459 cm³/mol. The van der Waals surface area contributed by atoms with Gasteiger partial charge in [-0.3, -0.25) is 0 Å². The minimum atomic E-state index is -3.19. The van der Waals surface area contributed by atoms with E-state index in [1.807, 2.05) is 97.2 Å². The maximum absolute atomic E-state index is 15.1. The zero-order valence-electron chi connectivity index (χ0n) is 72.4. The van der Waals surface area contributed by atoms with E-state index in [-0.39, 0.29) is 107 Å². The lowest BCUT2D eigenvalue weighted by Gasteiger charge is -2.29. The number of benzene rings is 3. The van der Waals surface area contributed by atoms with E-state index in [9.17, 15) is 76.0 Å². The number of fused-ring (bicyclic) bond motifs is 8. The zero-order chi connectivity index (χ0) is 92.6. The van der Waals surface area contributed by atoms with Gasteiger partial charge in [0.05, 0.1) is 54.0 Å². The number of nitrogen functional groups attached to an aromatic ring is 1. The van der Waals surface area contributed by atoms with Crippen molar-refractivity contribution in [2.45, 2.75) is 235 Å². The van der Waals surface area contributed by atoms with Crippen LogP contribution >= 0.6 is 0 Å². The van der Waals surface area contributed by atoms with Gasteiger partial charge in [-0.1, -0.05) is 6.92 Å². The molecule has 3 aromatic carbocycles. The highest BCUT2D eigenvalue weighted by atomic mass is 19.3. The molecule has 0 amide bonds. The number of nitrogens with two attached hydrogens (primary N) is 1. The van der Waals surface area contributed by atoms with Gasteiger partial charge in [0.15, 0.2) is 34.8 Å². The van der Waals surface area contributed by atoms with Crippen LogP contribution in [0.4, 0.5) is 45.2 Å². The van der Waals surface area contributed by atoms with Crippen molar-refractivity contribution in [3.63, 3.8) is 0 Å². The Morgan fingerprint density at radius 1 is 0.450 bits per heavy atom. The van der Waals surface area contributed by atoms with Crippen molar-refractivity contribution >= 4 is 49.8 Å². The highest BCUT2D eigenvalue weighted by molar-refractivity contribution is 5.89. The summed E-state index contributed by atoms with van der Waals surface area (Å²) in [5.74, 6) is -3.30. The first-order valence-corrected chi connectivity index (χ1v) is 43.5. The van der Waals surface area contributed by atoms with Crippen LogP contribution in [0, 0.1) is 49.9 Å².